The van der Waals surface area contributed by atoms with Crippen molar-refractivity contribution in [1.29, 1.82) is 0 Å². The van der Waals surface area contributed by atoms with Crippen LogP contribution in [-0.4, -0.2) is 31.2 Å². The lowest BCUT2D eigenvalue weighted by molar-refractivity contribution is 0.0606. The van der Waals surface area contributed by atoms with Crippen LogP contribution in [-0.2, 0) is 4.74 Å². The Morgan fingerprint density at radius 2 is 1.84 bits per heavy atom. The van der Waals surface area contributed by atoms with E-state index in [1.54, 1.807) is 0 Å². The first-order valence-corrected chi connectivity index (χ1v) is 7.26. The lowest BCUT2D eigenvalue weighted by Gasteiger charge is -2.27. The lowest BCUT2D eigenvalue weighted by Crippen LogP contribution is -2.32. The van der Waals surface area contributed by atoms with E-state index in [-0.39, 0.29) is 5.97 Å². The summed E-state index contributed by atoms with van der Waals surface area (Å²) in [6.45, 7) is 10.2. The first-order valence-electron chi connectivity index (χ1n) is 6.44. The third kappa shape index (κ3) is 4.38. The van der Waals surface area contributed by atoms with Gasteiger partial charge < -0.3 is 15.4 Å². The average molecular weight is 285 g/mol. The first-order chi connectivity index (χ1) is 8.85. The van der Waals surface area contributed by atoms with Gasteiger partial charge in [0.15, 0.2) is 15.8 Å². The van der Waals surface area contributed by atoms with Crippen molar-refractivity contribution < 1.29 is 9.53 Å². The van der Waals surface area contributed by atoms with Gasteiger partial charge in [0, 0.05) is 13.1 Å². The van der Waals surface area contributed by atoms with Gasteiger partial charge in [0.05, 0.1) is 7.11 Å². The van der Waals surface area contributed by atoms with Crippen molar-refractivity contribution in [3.8, 4) is 0 Å². The second-order valence-corrected chi connectivity index (χ2v) is 6.42. The van der Waals surface area contributed by atoms with E-state index in [0.29, 0.717) is 27.7 Å². The molecule has 0 aliphatic heterocycles. The number of ether oxygens (including phenoxy) is 1. The van der Waals surface area contributed by atoms with Crippen molar-refractivity contribution in [2.75, 3.05) is 30.8 Å². The second kappa shape index (κ2) is 6.75. The Labute approximate surface area is 118 Å². The van der Waals surface area contributed by atoms with Gasteiger partial charge in [-0.05, 0) is 11.8 Å². The number of nitrogens with zero attached hydrogens (tertiary/aromatic N) is 2. The van der Waals surface area contributed by atoms with Crippen molar-refractivity contribution in [2.45, 2.75) is 27.7 Å². The molecule has 2 N–H and O–H groups in total. The van der Waals surface area contributed by atoms with Gasteiger partial charge >= 0.3 is 5.97 Å². The van der Waals surface area contributed by atoms with Crippen LogP contribution in [0.15, 0.2) is 0 Å². The minimum Gasteiger partial charge on any atom is -0.465 e. The van der Waals surface area contributed by atoms with Crippen LogP contribution in [0.1, 0.15) is 37.4 Å². The summed E-state index contributed by atoms with van der Waals surface area (Å²) in [5, 5.41) is 0.396. The molecule has 0 spiro atoms. The predicted octanol–water partition coefficient (Wildman–Crippen LogP) is 2.63. The first kappa shape index (κ1) is 15.8. The summed E-state index contributed by atoms with van der Waals surface area (Å²) < 4.78 is 4.80. The number of thiazole rings is 1. The Kier molecular flexibility index (Phi) is 5.60. The molecular weight excluding hydrogens is 262 g/mol. The second-order valence-electron chi connectivity index (χ2n) is 5.39. The molecule has 19 heavy (non-hydrogen) atoms. The molecule has 0 aliphatic carbocycles. The summed E-state index contributed by atoms with van der Waals surface area (Å²) in [5.74, 6) is 1.23. The normalized spacial score (nSPS) is 11.1. The number of rotatable bonds is 6. The number of carbonyl (C=O) groups excluding carboxylic acids is 1. The van der Waals surface area contributed by atoms with E-state index < -0.39 is 0 Å². The number of hydrogen-bond acceptors (Lipinski definition) is 6. The SMILES string of the molecule is COC(=O)c1sc(N)nc1N(CC(C)C)CC(C)C. The third-order valence-corrected chi connectivity index (χ3v) is 3.32. The number of esters is 1. The summed E-state index contributed by atoms with van der Waals surface area (Å²) in [5.41, 5.74) is 5.74. The fourth-order valence-corrected chi connectivity index (χ4v) is 2.67. The molecule has 0 bridgehead atoms. The van der Waals surface area contributed by atoms with Crippen LogP contribution in [0.5, 0.6) is 0 Å². The Balaban J connectivity index is 3.09. The number of carbonyl (C=O) groups is 1. The van der Waals surface area contributed by atoms with E-state index in [4.69, 9.17) is 10.5 Å². The molecule has 0 radical (unpaired) electrons. The molecule has 1 aromatic rings. The largest absolute Gasteiger partial charge is 0.465 e. The molecule has 1 heterocycles. The molecule has 1 rings (SSSR count). The fraction of sp³-hybridized carbons (Fsp3) is 0.692. The van der Waals surface area contributed by atoms with E-state index in [2.05, 4.69) is 37.6 Å². The molecule has 0 atom stereocenters. The number of nitrogen functional groups attached to an aromatic ring is 1. The van der Waals surface area contributed by atoms with Crippen LogP contribution in [0, 0.1) is 11.8 Å². The van der Waals surface area contributed by atoms with Gasteiger partial charge in [0.25, 0.3) is 0 Å². The topological polar surface area (TPSA) is 68.5 Å². The summed E-state index contributed by atoms with van der Waals surface area (Å²) in [4.78, 5) is 18.7. The van der Waals surface area contributed by atoms with Crippen LogP contribution < -0.4 is 10.6 Å². The van der Waals surface area contributed by atoms with E-state index >= 15 is 0 Å². The molecule has 0 amide bonds. The van der Waals surface area contributed by atoms with Crippen molar-refractivity contribution in [1.82, 2.24) is 4.98 Å². The van der Waals surface area contributed by atoms with Crippen molar-refractivity contribution in [3.63, 3.8) is 0 Å². The molecule has 6 heteroatoms. The molecule has 0 aromatic carbocycles. The number of methoxy groups -OCH3 is 1. The van der Waals surface area contributed by atoms with Gasteiger partial charge in [-0.1, -0.05) is 39.0 Å². The number of nitrogens with two attached hydrogens (primary N) is 1. The maximum absolute atomic E-state index is 11.8. The van der Waals surface area contributed by atoms with E-state index in [9.17, 15) is 4.79 Å². The minimum atomic E-state index is -0.373. The Morgan fingerprint density at radius 1 is 1.32 bits per heavy atom. The minimum absolute atomic E-state index is 0.373. The summed E-state index contributed by atoms with van der Waals surface area (Å²) in [7, 11) is 1.37. The highest BCUT2D eigenvalue weighted by atomic mass is 32.1. The highest BCUT2D eigenvalue weighted by Crippen LogP contribution is 2.29. The van der Waals surface area contributed by atoms with Gasteiger partial charge in [-0.25, -0.2) is 9.78 Å². The quantitative estimate of drug-likeness (QED) is 0.814. The van der Waals surface area contributed by atoms with Gasteiger partial charge in [0.2, 0.25) is 0 Å². The maximum Gasteiger partial charge on any atom is 0.352 e. The zero-order valence-corrected chi connectivity index (χ0v) is 13.1. The molecule has 0 unspecified atom stereocenters. The number of anilines is 2. The lowest BCUT2D eigenvalue weighted by atomic mass is 10.1. The molecule has 1 aromatic heterocycles. The van der Waals surface area contributed by atoms with Crippen molar-refractivity contribution >= 4 is 28.3 Å². The van der Waals surface area contributed by atoms with Crippen molar-refractivity contribution in [3.05, 3.63) is 4.88 Å². The van der Waals surface area contributed by atoms with Crippen LogP contribution in [0.4, 0.5) is 10.9 Å². The molecule has 0 saturated heterocycles. The van der Waals surface area contributed by atoms with Crippen molar-refractivity contribution in [2.24, 2.45) is 11.8 Å². The zero-order chi connectivity index (χ0) is 14.6. The monoisotopic (exact) mass is 285 g/mol. The Bertz CT molecular complexity index is 420. The summed E-state index contributed by atoms with van der Waals surface area (Å²) >= 11 is 1.18. The fourth-order valence-electron chi connectivity index (χ4n) is 1.90. The van der Waals surface area contributed by atoms with E-state index in [1.807, 2.05) is 0 Å². The summed E-state index contributed by atoms with van der Waals surface area (Å²) in [6.07, 6.45) is 0. The average Bonchev–Trinajstić information content (AvgIpc) is 2.68. The zero-order valence-electron chi connectivity index (χ0n) is 12.3. The molecule has 5 nitrogen and oxygen atoms in total. The smallest absolute Gasteiger partial charge is 0.352 e. The van der Waals surface area contributed by atoms with E-state index in [0.717, 1.165) is 13.1 Å². The number of hydrogen-bond donors (Lipinski definition) is 1. The number of aromatic nitrogens is 1. The molecule has 0 fully saturated rings. The van der Waals surface area contributed by atoms with Crippen LogP contribution >= 0.6 is 11.3 Å². The highest BCUT2D eigenvalue weighted by molar-refractivity contribution is 7.17. The molecule has 0 aliphatic rings. The van der Waals surface area contributed by atoms with Crippen LogP contribution in [0.25, 0.3) is 0 Å². The van der Waals surface area contributed by atoms with Crippen LogP contribution in [0.2, 0.25) is 0 Å². The highest BCUT2D eigenvalue weighted by Gasteiger charge is 2.23. The van der Waals surface area contributed by atoms with Gasteiger partial charge in [-0.15, -0.1) is 0 Å². The third-order valence-electron chi connectivity index (χ3n) is 2.47. The van der Waals surface area contributed by atoms with Gasteiger partial charge in [0.1, 0.15) is 0 Å². The Hall–Kier alpha value is -1.30. The van der Waals surface area contributed by atoms with Crippen LogP contribution in [0.3, 0.4) is 0 Å². The molecule has 108 valence electrons. The van der Waals surface area contributed by atoms with Gasteiger partial charge in [-0.2, -0.15) is 0 Å². The molecule has 0 saturated carbocycles. The summed E-state index contributed by atoms with van der Waals surface area (Å²) in [6, 6.07) is 0. The van der Waals surface area contributed by atoms with Gasteiger partial charge in [-0.3, -0.25) is 0 Å². The maximum atomic E-state index is 11.8. The predicted molar refractivity (Wildman–Crippen MR) is 79.8 cm³/mol. The molecular formula is C13H23N3O2S. The standard InChI is InChI=1S/C13H23N3O2S/c1-8(2)6-16(7-9(3)4)11-10(12(17)18-5)19-13(14)15-11/h8-9H,6-7H2,1-5H3,(H2,14,15). The Morgan fingerprint density at radius 3 is 2.26 bits per heavy atom. The van der Waals surface area contributed by atoms with E-state index in [1.165, 1.54) is 18.4 Å².